The zero-order valence-electron chi connectivity index (χ0n) is 17.8. The highest BCUT2D eigenvalue weighted by Gasteiger charge is 2.39. The first-order valence-electron chi connectivity index (χ1n) is 10.9. The topological polar surface area (TPSA) is 83.9 Å². The molecule has 162 valence electrons. The molecule has 5 rings (SSSR count). The maximum atomic E-state index is 13.5. The van der Waals surface area contributed by atoms with E-state index < -0.39 is 5.78 Å². The Kier molecular flexibility index (Phi) is 4.93. The monoisotopic (exact) mass is 429 g/mol. The third-order valence-electron chi connectivity index (χ3n) is 6.57. The highest BCUT2D eigenvalue weighted by molar-refractivity contribution is 6.30. The van der Waals surface area contributed by atoms with Gasteiger partial charge in [-0.2, -0.15) is 0 Å². The summed E-state index contributed by atoms with van der Waals surface area (Å²) in [6, 6.07) is 12.7. The zero-order valence-corrected chi connectivity index (χ0v) is 17.8. The number of phenols is 1. The molecule has 3 aromatic rings. The van der Waals surface area contributed by atoms with Crippen LogP contribution in [0.3, 0.4) is 0 Å². The van der Waals surface area contributed by atoms with E-state index in [0.717, 1.165) is 32.1 Å². The van der Waals surface area contributed by atoms with Crippen molar-refractivity contribution in [3.05, 3.63) is 70.8 Å². The van der Waals surface area contributed by atoms with Gasteiger partial charge in [0.05, 0.1) is 12.7 Å². The van der Waals surface area contributed by atoms with Gasteiger partial charge in [0.2, 0.25) is 0 Å². The normalized spacial score (nSPS) is 16.5. The lowest BCUT2D eigenvalue weighted by atomic mass is 9.86. The van der Waals surface area contributed by atoms with Gasteiger partial charge in [-0.3, -0.25) is 19.3 Å². The van der Waals surface area contributed by atoms with Gasteiger partial charge in [0.25, 0.3) is 11.8 Å². The van der Waals surface area contributed by atoms with E-state index in [1.165, 1.54) is 18.1 Å². The first-order valence-corrected chi connectivity index (χ1v) is 10.9. The van der Waals surface area contributed by atoms with Crippen molar-refractivity contribution >= 4 is 28.4 Å². The summed E-state index contributed by atoms with van der Waals surface area (Å²) in [5.41, 5.74) is 1.21. The third-order valence-corrected chi connectivity index (χ3v) is 6.57. The Bertz CT molecular complexity index is 1250. The van der Waals surface area contributed by atoms with Crippen molar-refractivity contribution in [2.75, 3.05) is 7.11 Å². The van der Waals surface area contributed by atoms with Gasteiger partial charge < -0.3 is 9.84 Å². The number of carbonyl (C=O) groups excluding carboxylic acids is 3. The maximum absolute atomic E-state index is 13.5. The molecule has 0 bridgehead atoms. The van der Waals surface area contributed by atoms with E-state index in [2.05, 4.69) is 0 Å². The van der Waals surface area contributed by atoms with Crippen molar-refractivity contribution < 1.29 is 24.2 Å². The van der Waals surface area contributed by atoms with Crippen LogP contribution in [0.25, 0.3) is 10.8 Å². The molecule has 1 saturated carbocycles. The fraction of sp³-hybridized carbons (Fsp3) is 0.269. The number of para-hydroxylation sites is 1. The summed E-state index contributed by atoms with van der Waals surface area (Å²) in [6.07, 6.45) is 4.75. The summed E-state index contributed by atoms with van der Waals surface area (Å²) in [5.74, 6) is -0.785. The molecule has 0 spiro atoms. The summed E-state index contributed by atoms with van der Waals surface area (Å²) >= 11 is 0. The van der Waals surface area contributed by atoms with Crippen molar-refractivity contribution in [3.8, 4) is 11.5 Å². The first kappa shape index (κ1) is 20.2. The molecular formula is C26H23NO5. The Labute approximate surface area is 185 Å². The number of aromatic hydroxyl groups is 1. The molecule has 6 heteroatoms. The van der Waals surface area contributed by atoms with E-state index in [-0.39, 0.29) is 34.7 Å². The molecule has 0 unspecified atom stereocenters. The minimum absolute atomic E-state index is 0.100. The molecule has 1 aliphatic heterocycles. The van der Waals surface area contributed by atoms with Gasteiger partial charge in [-0.25, -0.2) is 0 Å². The molecule has 32 heavy (non-hydrogen) atoms. The lowest BCUT2D eigenvalue weighted by Crippen LogP contribution is -2.47. The van der Waals surface area contributed by atoms with Crippen LogP contribution in [0.4, 0.5) is 0 Å². The molecule has 3 aromatic carbocycles. The average molecular weight is 429 g/mol. The van der Waals surface area contributed by atoms with E-state index in [0.29, 0.717) is 27.6 Å². The molecule has 1 aliphatic carbocycles. The lowest BCUT2D eigenvalue weighted by molar-refractivity contribution is 0.0502. The number of ether oxygens (including phenoxy) is 1. The van der Waals surface area contributed by atoms with Gasteiger partial charge in [0.1, 0.15) is 11.5 Å². The number of carbonyl (C=O) groups is 3. The predicted molar refractivity (Wildman–Crippen MR) is 119 cm³/mol. The van der Waals surface area contributed by atoms with Gasteiger partial charge >= 0.3 is 0 Å². The summed E-state index contributed by atoms with van der Waals surface area (Å²) in [5, 5.41) is 11.1. The molecule has 6 nitrogen and oxygen atoms in total. The van der Waals surface area contributed by atoms with Gasteiger partial charge in [-0.1, -0.05) is 31.4 Å². The number of hydrogen-bond donors (Lipinski definition) is 1. The number of amides is 2. The number of rotatable bonds is 4. The first-order chi connectivity index (χ1) is 15.5. The molecule has 0 atom stereocenters. The molecule has 0 radical (unpaired) electrons. The molecule has 0 saturated heterocycles. The maximum Gasteiger partial charge on any atom is 0.261 e. The number of nitrogens with zero attached hydrogens (tertiary/aromatic N) is 1. The molecular weight excluding hydrogens is 406 g/mol. The minimum Gasteiger partial charge on any atom is -0.507 e. The SMILES string of the molecule is COc1ccc2c3c(ccc(C(=O)c4ccccc4O)c13)C(=O)N(C1CCCCC1)C2=O. The second-order valence-electron chi connectivity index (χ2n) is 8.34. The van der Waals surface area contributed by atoms with Crippen molar-refractivity contribution in [3.63, 3.8) is 0 Å². The molecule has 2 aliphatic rings. The van der Waals surface area contributed by atoms with Crippen LogP contribution < -0.4 is 4.74 Å². The van der Waals surface area contributed by atoms with Crippen molar-refractivity contribution in [1.29, 1.82) is 0 Å². The molecule has 1 fully saturated rings. The van der Waals surface area contributed by atoms with Gasteiger partial charge in [0.15, 0.2) is 5.78 Å². The average Bonchev–Trinajstić information content (AvgIpc) is 2.82. The Hall–Kier alpha value is -3.67. The van der Waals surface area contributed by atoms with Crippen LogP contribution in [-0.2, 0) is 0 Å². The summed E-state index contributed by atoms with van der Waals surface area (Å²) in [7, 11) is 1.49. The number of methoxy groups -OCH3 is 1. The number of imide groups is 1. The highest BCUT2D eigenvalue weighted by atomic mass is 16.5. The van der Waals surface area contributed by atoms with Crippen molar-refractivity contribution in [2.24, 2.45) is 0 Å². The zero-order chi connectivity index (χ0) is 22.4. The van der Waals surface area contributed by atoms with Crippen LogP contribution in [-0.4, -0.2) is 40.8 Å². The van der Waals surface area contributed by atoms with Crippen LogP contribution in [0.1, 0.15) is 68.7 Å². The van der Waals surface area contributed by atoms with Crippen LogP contribution in [0.5, 0.6) is 11.5 Å². The lowest BCUT2D eigenvalue weighted by Gasteiger charge is -2.36. The number of phenolic OH excluding ortho intramolecular Hbond substituents is 1. The van der Waals surface area contributed by atoms with E-state index in [1.54, 1.807) is 42.5 Å². The van der Waals surface area contributed by atoms with Crippen molar-refractivity contribution in [1.82, 2.24) is 4.90 Å². The predicted octanol–water partition coefficient (Wildman–Crippen LogP) is 4.71. The standard InChI is InChI=1S/C26H23NO5/c1-32-21-14-13-19-22-18(25(30)27(26(19)31)15-7-3-2-4-8-15)12-11-17(23(21)22)24(29)16-9-5-6-10-20(16)28/h5-6,9-15,28H,2-4,7-8H2,1H3. The molecule has 2 amide bonds. The van der Waals surface area contributed by atoms with Crippen LogP contribution >= 0.6 is 0 Å². The van der Waals surface area contributed by atoms with E-state index >= 15 is 0 Å². The van der Waals surface area contributed by atoms with Gasteiger partial charge in [-0.05, 0) is 49.2 Å². The summed E-state index contributed by atoms with van der Waals surface area (Å²) in [4.78, 5) is 41.7. The Morgan fingerprint density at radius 3 is 2.19 bits per heavy atom. The van der Waals surface area contributed by atoms with Gasteiger partial charge in [0, 0.05) is 33.5 Å². The quantitative estimate of drug-likeness (QED) is 0.480. The summed E-state index contributed by atoms with van der Waals surface area (Å²) in [6.45, 7) is 0. The van der Waals surface area contributed by atoms with E-state index in [1.807, 2.05) is 0 Å². The second-order valence-corrected chi connectivity index (χ2v) is 8.34. The number of benzene rings is 3. The molecule has 1 heterocycles. The molecule has 0 aromatic heterocycles. The number of ketones is 1. The van der Waals surface area contributed by atoms with Gasteiger partial charge in [-0.15, -0.1) is 0 Å². The highest BCUT2D eigenvalue weighted by Crippen LogP contribution is 2.40. The Balaban J connectivity index is 1.72. The van der Waals surface area contributed by atoms with Crippen LogP contribution in [0.2, 0.25) is 0 Å². The second kappa shape index (κ2) is 7.79. The van der Waals surface area contributed by atoms with E-state index in [9.17, 15) is 19.5 Å². The molecule has 1 N–H and O–H groups in total. The minimum atomic E-state index is -0.403. The van der Waals surface area contributed by atoms with Crippen LogP contribution in [0.15, 0.2) is 48.5 Å². The van der Waals surface area contributed by atoms with Crippen molar-refractivity contribution in [2.45, 2.75) is 38.1 Å². The Morgan fingerprint density at radius 2 is 1.53 bits per heavy atom. The van der Waals surface area contributed by atoms with Crippen LogP contribution in [0, 0.1) is 0 Å². The number of hydrogen-bond acceptors (Lipinski definition) is 5. The fourth-order valence-corrected chi connectivity index (χ4v) is 5.01. The van der Waals surface area contributed by atoms with E-state index in [4.69, 9.17) is 4.74 Å². The largest absolute Gasteiger partial charge is 0.507 e. The summed E-state index contributed by atoms with van der Waals surface area (Å²) < 4.78 is 5.53. The fourth-order valence-electron chi connectivity index (χ4n) is 5.01. The smallest absolute Gasteiger partial charge is 0.261 e. The Morgan fingerprint density at radius 1 is 0.875 bits per heavy atom. The third kappa shape index (κ3) is 2.98.